The standard InChI is InChI=1S/C14H23NO2/c1-9(2)14(17-5)13(15)12-7-6-11(16-4)8-10(12)3/h6-9,13-14H,15H2,1-5H3. The molecule has 3 nitrogen and oxygen atoms in total. The second-order valence-electron chi connectivity index (χ2n) is 4.69. The van der Waals surface area contributed by atoms with Crippen LogP contribution in [0, 0.1) is 12.8 Å². The van der Waals surface area contributed by atoms with Crippen molar-refractivity contribution in [3.05, 3.63) is 29.3 Å². The summed E-state index contributed by atoms with van der Waals surface area (Å²) in [5, 5.41) is 0. The van der Waals surface area contributed by atoms with Gasteiger partial charge in [-0.25, -0.2) is 0 Å². The van der Waals surface area contributed by atoms with Crippen molar-refractivity contribution in [3.63, 3.8) is 0 Å². The summed E-state index contributed by atoms with van der Waals surface area (Å²) >= 11 is 0. The molecule has 1 rings (SSSR count). The summed E-state index contributed by atoms with van der Waals surface area (Å²) in [5.41, 5.74) is 8.53. The monoisotopic (exact) mass is 237 g/mol. The average molecular weight is 237 g/mol. The van der Waals surface area contributed by atoms with Crippen LogP contribution >= 0.6 is 0 Å². The van der Waals surface area contributed by atoms with Crippen LogP contribution < -0.4 is 10.5 Å². The molecule has 1 aromatic carbocycles. The molecule has 0 amide bonds. The first kappa shape index (κ1) is 14.0. The van der Waals surface area contributed by atoms with Crippen LogP contribution in [-0.4, -0.2) is 20.3 Å². The van der Waals surface area contributed by atoms with Gasteiger partial charge in [-0.05, 0) is 36.1 Å². The molecule has 2 unspecified atom stereocenters. The molecule has 1 aromatic rings. The highest BCUT2D eigenvalue weighted by atomic mass is 16.5. The van der Waals surface area contributed by atoms with E-state index in [1.165, 1.54) is 0 Å². The highest BCUT2D eigenvalue weighted by Crippen LogP contribution is 2.27. The van der Waals surface area contributed by atoms with Gasteiger partial charge in [-0.3, -0.25) is 0 Å². The van der Waals surface area contributed by atoms with Crippen LogP contribution in [0.1, 0.15) is 31.0 Å². The molecular formula is C14H23NO2. The predicted octanol–water partition coefficient (Wildman–Crippen LogP) is 2.67. The molecule has 3 heteroatoms. The Hall–Kier alpha value is -1.06. The van der Waals surface area contributed by atoms with E-state index in [0.717, 1.165) is 16.9 Å². The third-order valence-corrected chi connectivity index (χ3v) is 3.12. The maximum Gasteiger partial charge on any atom is 0.119 e. The molecule has 17 heavy (non-hydrogen) atoms. The molecule has 2 atom stereocenters. The summed E-state index contributed by atoms with van der Waals surface area (Å²) in [6.07, 6.45) is 0.0297. The molecule has 0 fully saturated rings. The van der Waals surface area contributed by atoms with Crippen molar-refractivity contribution in [1.82, 2.24) is 0 Å². The van der Waals surface area contributed by atoms with Crippen molar-refractivity contribution in [3.8, 4) is 5.75 Å². The third kappa shape index (κ3) is 3.20. The third-order valence-electron chi connectivity index (χ3n) is 3.12. The number of nitrogens with two attached hydrogens (primary N) is 1. The van der Waals surface area contributed by atoms with Crippen LogP contribution in [0.4, 0.5) is 0 Å². The Kier molecular flexibility index (Phi) is 4.97. The topological polar surface area (TPSA) is 44.5 Å². The van der Waals surface area contributed by atoms with Crippen molar-refractivity contribution < 1.29 is 9.47 Å². The second kappa shape index (κ2) is 6.03. The first-order valence-electron chi connectivity index (χ1n) is 5.94. The molecule has 0 aliphatic heterocycles. The fraction of sp³-hybridized carbons (Fsp3) is 0.571. The predicted molar refractivity (Wildman–Crippen MR) is 70.3 cm³/mol. The van der Waals surface area contributed by atoms with Crippen LogP contribution in [0.3, 0.4) is 0 Å². The lowest BCUT2D eigenvalue weighted by atomic mass is 9.91. The Balaban J connectivity index is 2.99. The van der Waals surface area contributed by atoms with Gasteiger partial charge in [0.25, 0.3) is 0 Å². The molecule has 0 spiro atoms. The highest BCUT2D eigenvalue weighted by molar-refractivity contribution is 5.37. The van der Waals surface area contributed by atoms with Gasteiger partial charge in [0.05, 0.1) is 19.3 Å². The number of hydrogen-bond acceptors (Lipinski definition) is 3. The van der Waals surface area contributed by atoms with Crippen LogP contribution in [0.25, 0.3) is 0 Å². The van der Waals surface area contributed by atoms with Crippen molar-refractivity contribution in [2.24, 2.45) is 11.7 Å². The number of methoxy groups -OCH3 is 2. The van der Waals surface area contributed by atoms with Crippen molar-refractivity contribution >= 4 is 0 Å². The van der Waals surface area contributed by atoms with E-state index in [1.807, 2.05) is 25.1 Å². The molecule has 0 saturated carbocycles. The normalized spacial score (nSPS) is 14.8. The lowest BCUT2D eigenvalue weighted by Crippen LogP contribution is -2.32. The average Bonchev–Trinajstić information content (AvgIpc) is 2.28. The van der Waals surface area contributed by atoms with Gasteiger partial charge in [0, 0.05) is 7.11 Å². The van der Waals surface area contributed by atoms with Crippen LogP contribution in [0.2, 0.25) is 0 Å². The lowest BCUT2D eigenvalue weighted by Gasteiger charge is -2.27. The van der Waals surface area contributed by atoms with E-state index in [1.54, 1.807) is 14.2 Å². The molecule has 0 aliphatic carbocycles. The minimum atomic E-state index is -0.106. The van der Waals surface area contributed by atoms with E-state index in [0.29, 0.717) is 5.92 Å². The van der Waals surface area contributed by atoms with E-state index >= 15 is 0 Å². The van der Waals surface area contributed by atoms with Gasteiger partial charge in [0.2, 0.25) is 0 Å². The van der Waals surface area contributed by atoms with Crippen molar-refractivity contribution in [2.75, 3.05) is 14.2 Å². The van der Waals surface area contributed by atoms with Gasteiger partial charge in [0.1, 0.15) is 5.75 Å². The van der Waals surface area contributed by atoms with Crippen LogP contribution in [0.15, 0.2) is 18.2 Å². The second-order valence-corrected chi connectivity index (χ2v) is 4.69. The number of benzene rings is 1. The van der Waals surface area contributed by atoms with Gasteiger partial charge in [-0.2, -0.15) is 0 Å². The molecule has 0 bridgehead atoms. The Bertz CT molecular complexity index is 363. The SMILES string of the molecule is COc1ccc(C(N)C(OC)C(C)C)c(C)c1. The molecule has 96 valence electrons. The van der Waals surface area contributed by atoms with Gasteiger partial charge >= 0.3 is 0 Å². The number of hydrogen-bond donors (Lipinski definition) is 1. The minimum Gasteiger partial charge on any atom is -0.497 e. The summed E-state index contributed by atoms with van der Waals surface area (Å²) < 4.78 is 10.7. The molecular weight excluding hydrogens is 214 g/mol. The maximum absolute atomic E-state index is 6.28. The maximum atomic E-state index is 6.28. The zero-order valence-electron chi connectivity index (χ0n) is 11.4. The fourth-order valence-electron chi connectivity index (χ4n) is 2.16. The Labute approximate surface area is 104 Å². The Morgan fingerprint density at radius 3 is 2.24 bits per heavy atom. The summed E-state index contributed by atoms with van der Waals surface area (Å²) in [6, 6.07) is 5.86. The molecule has 2 N–H and O–H groups in total. The number of aryl methyl sites for hydroxylation is 1. The number of ether oxygens (including phenoxy) is 2. The number of rotatable bonds is 5. The lowest BCUT2D eigenvalue weighted by molar-refractivity contribution is 0.0435. The van der Waals surface area contributed by atoms with E-state index in [9.17, 15) is 0 Å². The van der Waals surface area contributed by atoms with Crippen LogP contribution in [0.5, 0.6) is 5.75 Å². The first-order chi connectivity index (χ1) is 8.01. The van der Waals surface area contributed by atoms with Gasteiger partial charge in [0.15, 0.2) is 0 Å². The summed E-state index contributed by atoms with van der Waals surface area (Å²) in [4.78, 5) is 0. The molecule has 0 heterocycles. The quantitative estimate of drug-likeness (QED) is 0.856. The van der Waals surface area contributed by atoms with E-state index in [2.05, 4.69) is 13.8 Å². The zero-order chi connectivity index (χ0) is 13.0. The molecule has 0 aliphatic rings. The summed E-state index contributed by atoms with van der Waals surface area (Å²) in [6.45, 7) is 6.28. The van der Waals surface area contributed by atoms with Gasteiger partial charge < -0.3 is 15.2 Å². The van der Waals surface area contributed by atoms with Crippen LogP contribution in [-0.2, 0) is 4.74 Å². The summed E-state index contributed by atoms with van der Waals surface area (Å²) in [5.74, 6) is 1.24. The van der Waals surface area contributed by atoms with E-state index < -0.39 is 0 Å². The van der Waals surface area contributed by atoms with Gasteiger partial charge in [-0.15, -0.1) is 0 Å². The summed E-state index contributed by atoms with van der Waals surface area (Å²) in [7, 11) is 3.38. The van der Waals surface area contributed by atoms with Crippen molar-refractivity contribution in [1.29, 1.82) is 0 Å². The fourth-order valence-corrected chi connectivity index (χ4v) is 2.16. The minimum absolute atomic E-state index is 0.0297. The Morgan fingerprint density at radius 1 is 1.18 bits per heavy atom. The smallest absolute Gasteiger partial charge is 0.119 e. The largest absolute Gasteiger partial charge is 0.497 e. The molecule has 0 radical (unpaired) electrons. The Morgan fingerprint density at radius 2 is 1.82 bits per heavy atom. The molecule has 0 saturated heterocycles. The highest BCUT2D eigenvalue weighted by Gasteiger charge is 2.23. The first-order valence-corrected chi connectivity index (χ1v) is 5.94. The molecule has 0 aromatic heterocycles. The van der Waals surface area contributed by atoms with E-state index in [4.69, 9.17) is 15.2 Å². The van der Waals surface area contributed by atoms with Crippen molar-refractivity contribution in [2.45, 2.75) is 32.9 Å². The zero-order valence-corrected chi connectivity index (χ0v) is 11.4. The van der Waals surface area contributed by atoms with E-state index in [-0.39, 0.29) is 12.1 Å². The van der Waals surface area contributed by atoms with Gasteiger partial charge in [-0.1, -0.05) is 19.9 Å².